The van der Waals surface area contributed by atoms with Crippen molar-refractivity contribution < 1.29 is 14.7 Å². The molecule has 1 fully saturated rings. The van der Waals surface area contributed by atoms with Gasteiger partial charge in [-0.05, 0) is 26.7 Å². The Balaban J connectivity index is 2.50. The van der Waals surface area contributed by atoms with Crippen molar-refractivity contribution in [1.82, 2.24) is 9.80 Å². The summed E-state index contributed by atoms with van der Waals surface area (Å²) in [6, 6.07) is 0.473. The standard InChI is InChI=1S/C12H22N2O3/c1-9(2)14(10(3)15)11-4-6-13(7-5-11)8-12(16)17/h9,11H,4-8H2,1-3H3,(H,16,17). The number of carboxylic acids is 1. The molecule has 0 unspecified atom stereocenters. The molecule has 17 heavy (non-hydrogen) atoms. The molecular formula is C12H22N2O3. The summed E-state index contributed by atoms with van der Waals surface area (Å²) in [4.78, 5) is 26.0. The van der Waals surface area contributed by atoms with Crippen LogP contribution in [0.1, 0.15) is 33.6 Å². The van der Waals surface area contributed by atoms with Gasteiger partial charge in [-0.15, -0.1) is 0 Å². The Kier molecular flexibility index (Phi) is 4.93. The maximum absolute atomic E-state index is 11.6. The van der Waals surface area contributed by atoms with Crippen LogP contribution in [0.5, 0.6) is 0 Å². The third-order valence-electron chi connectivity index (χ3n) is 3.23. The zero-order chi connectivity index (χ0) is 13.0. The number of likely N-dealkylation sites (tertiary alicyclic amines) is 1. The van der Waals surface area contributed by atoms with Crippen molar-refractivity contribution in [3.05, 3.63) is 0 Å². The number of rotatable bonds is 4. The highest BCUT2D eigenvalue weighted by molar-refractivity contribution is 5.74. The zero-order valence-corrected chi connectivity index (χ0v) is 10.8. The topological polar surface area (TPSA) is 60.9 Å². The number of piperidine rings is 1. The first-order valence-corrected chi connectivity index (χ1v) is 6.15. The highest BCUT2D eigenvalue weighted by Gasteiger charge is 2.28. The lowest BCUT2D eigenvalue weighted by Crippen LogP contribution is -2.50. The molecule has 0 spiro atoms. The normalized spacial score (nSPS) is 18.4. The smallest absolute Gasteiger partial charge is 0.317 e. The number of hydrogen-bond acceptors (Lipinski definition) is 3. The lowest BCUT2D eigenvalue weighted by atomic mass is 10.0. The van der Waals surface area contributed by atoms with E-state index in [4.69, 9.17) is 5.11 Å². The molecule has 0 aliphatic carbocycles. The molecule has 1 rings (SSSR count). The fourth-order valence-electron chi connectivity index (χ4n) is 2.59. The largest absolute Gasteiger partial charge is 0.480 e. The van der Waals surface area contributed by atoms with Gasteiger partial charge in [0, 0.05) is 32.1 Å². The molecule has 0 aromatic carbocycles. The first kappa shape index (κ1) is 14.0. The summed E-state index contributed by atoms with van der Waals surface area (Å²) in [6.07, 6.45) is 1.73. The second-order valence-corrected chi connectivity index (χ2v) is 4.92. The Bertz CT molecular complexity index is 283. The molecule has 1 aliphatic heterocycles. The number of aliphatic carboxylic acids is 1. The molecule has 98 valence electrons. The molecule has 1 amide bonds. The van der Waals surface area contributed by atoms with E-state index in [9.17, 15) is 9.59 Å². The summed E-state index contributed by atoms with van der Waals surface area (Å²) in [7, 11) is 0. The van der Waals surface area contributed by atoms with Crippen molar-refractivity contribution in [3.8, 4) is 0 Å². The van der Waals surface area contributed by atoms with Gasteiger partial charge in [0.15, 0.2) is 0 Å². The van der Waals surface area contributed by atoms with Gasteiger partial charge in [0.2, 0.25) is 5.91 Å². The minimum absolute atomic E-state index is 0.106. The van der Waals surface area contributed by atoms with E-state index in [0.29, 0.717) is 0 Å². The number of hydrogen-bond donors (Lipinski definition) is 1. The summed E-state index contributed by atoms with van der Waals surface area (Å²) < 4.78 is 0. The van der Waals surface area contributed by atoms with E-state index in [-0.39, 0.29) is 24.5 Å². The molecule has 1 aliphatic rings. The number of carboxylic acid groups (broad SMARTS) is 1. The molecule has 0 radical (unpaired) electrons. The Morgan fingerprint density at radius 2 is 1.88 bits per heavy atom. The van der Waals surface area contributed by atoms with Crippen LogP contribution in [0.3, 0.4) is 0 Å². The average Bonchev–Trinajstić information content (AvgIpc) is 2.18. The molecule has 5 nitrogen and oxygen atoms in total. The fraction of sp³-hybridized carbons (Fsp3) is 0.833. The average molecular weight is 242 g/mol. The molecule has 0 saturated carbocycles. The van der Waals surface area contributed by atoms with E-state index < -0.39 is 5.97 Å². The van der Waals surface area contributed by atoms with Gasteiger partial charge in [0.05, 0.1) is 6.54 Å². The molecule has 0 atom stereocenters. The predicted octanol–water partition coefficient (Wildman–Crippen LogP) is 0.792. The highest BCUT2D eigenvalue weighted by atomic mass is 16.4. The second kappa shape index (κ2) is 6.00. The molecule has 0 bridgehead atoms. The van der Waals surface area contributed by atoms with Crippen LogP contribution < -0.4 is 0 Å². The van der Waals surface area contributed by atoms with Crippen LogP contribution in [0.4, 0.5) is 0 Å². The highest BCUT2D eigenvalue weighted by Crippen LogP contribution is 2.18. The second-order valence-electron chi connectivity index (χ2n) is 4.92. The SMILES string of the molecule is CC(=O)N(C(C)C)C1CCN(CC(=O)O)CC1. The Morgan fingerprint density at radius 3 is 2.24 bits per heavy atom. The molecule has 1 heterocycles. The lowest BCUT2D eigenvalue weighted by molar-refractivity contribution is -0.140. The van der Waals surface area contributed by atoms with Crippen molar-refractivity contribution in [2.45, 2.75) is 45.7 Å². The molecular weight excluding hydrogens is 220 g/mol. The van der Waals surface area contributed by atoms with Gasteiger partial charge in [0.1, 0.15) is 0 Å². The van der Waals surface area contributed by atoms with Crippen LogP contribution in [0.25, 0.3) is 0 Å². The molecule has 1 saturated heterocycles. The van der Waals surface area contributed by atoms with Crippen LogP contribution in [0.2, 0.25) is 0 Å². The Labute approximate surface area is 102 Å². The van der Waals surface area contributed by atoms with Gasteiger partial charge in [0.25, 0.3) is 0 Å². The van der Waals surface area contributed by atoms with E-state index in [2.05, 4.69) is 0 Å². The Morgan fingerprint density at radius 1 is 1.35 bits per heavy atom. The van der Waals surface area contributed by atoms with Crippen LogP contribution in [-0.4, -0.2) is 58.5 Å². The van der Waals surface area contributed by atoms with Crippen molar-refractivity contribution in [1.29, 1.82) is 0 Å². The summed E-state index contributed by atoms with van der Waals surface area (Å²) in [5, 5.41) is 8.71. The number of carbonyl (C=O) groups is 2. The van der Waals surface area contributed by atoms with Crippen molar-refractivity contribution in [3.63, 3.8) is 0 Å². The third kappa shape index (κ3) is 4.00. The van der Waals surface area contributed by atoms with Crippen molar-refractivity contribution in [2.75, 3.05) is 19.6 Å². The molecule has 5 heteroatoms. The number of nitrogens with zero attached hydrogens (tertiary/aromatic N) is 2. The van der Waals surface area contributed by atoms with Gasteiger partial charge in [-0.1, -0.05) is 0 Å². The summed E-state index contributed by atoms with van der Waals surface area (Å²) in [5.74, 6) is -0.674. The molecule has 1 N–H and O–H groups in total. The monoisotopic (exact) mass is 242 g/mol. The maximum atomic E-state index is 11.6. The summed E-state index contributed by atoms with van der Waals surface area (Å²) in [5.41, 5.74) is 0. The van der Waals surface area contributed by atoms with E-state index in [1.807, 2.05) is 23.6 Å². The maximum Gasteiger partial charge on any atom is 0.317 e. The van der Waals surface area contributed by atoms with E-state index in [0.717, 1.165) is 25.9 Å². The first-order valence-electron chi connectivity index (χ1n) is 6.15. The van der Waals surface area contributed by atoms with E-state index in [1.165, 1.54) is 0 Å². The minimum Gasteiger partial charge on any atom is -0.480 e. The summed E-state index contributed by atoms with van der Waals surface area (Å²) >= 11 is 0. The fourth-order valence-corrected chi connectivity index (χ4v) is 2.59. The van der Waals surface area contributed by atoms with Crippen molar-refractivity contribution in [2.24, 2.45) is 0 Å². The van der Waals surface area contributed by atoms with Gasteiger partial charge in [-0.2, -0.15) is 0 Å². The van der Waals surface area contributed by atoms with Crippen LogP contribution >= 0.6 is 0 Å². The Hall–Kier alpha value is -1.10. The van der Waals surface area contributed by atoms with Gasteiger partial charge in [-0.25, -0.2) is 0 Å². The third-order valence-corrected chi connectivity index (χ3v) is 3.23. The van der Waals surface area contributed by atoms with Crippen molar-refractivity contribution >= 4 is 11.9 Å². The predicted molar refractivity (Wildman–Crippen MR) is 64.8 cm³/mol. The number of carbonyl (C=O) groups excluding carboxylic acids is 1. The summed E-state index contributed by atoms with van der Waals surface area (Å²) in [6.45, 7) is 7.26. The number of amides is 1. The first-order chi connectivity index (χ1) is 7.91. The van der Waals surface area contributed by atoms with Crippen LogP contribution in [-0.2, 0) is 9.59 Å². The zero-order valence-electron chi connectivity index (χ0n) is 10.8. The molecule has 0 aromatic rings. The minimum atomic E-state index is -0.782. The van der Waals surface area contributed by atoms with Crippen LogP contribution in [0.15, 0.2) is 0 Å². The quantitative estimate of drug-likeness (QED) is 0.792. The van der Waals surface area contributed by atoms with Gasteiger partial charge < -0.3 is 10.0 Å². The van der Waals surface area contributed by atoms with E-state index in [1.54, 1.807) is 6.92 Å². The van der Waals surface area contributed by atoms with E-state index >= 15 is 0 Å². The van der Waals surface area contributed by atoms with Gasteiger partial charge in [-0.3, -0.25) is 14.5 Å². The van der Waals surface area contributed by atoms with Gasteiger partial charge >= 0.3 is 5.97 Å². The lowest BCUT2D eigenvalue weighted by Gasteiger charge is -2.39. The van der Waals surface area contributed by atoms with Crippen LogP contribution in [0, 0.1) is 0 Å². The molecule has 0 aromatic heterocycles.